The van der Waals surface area contributed by atoms with Crippen molar-refractivity contribution in [1.29, 1.82) is 0 Å². The van der Waals surface area contributed by atoms with Crippen molar-refractivity contribution < 1.29 is 21.1 Å². The molecule has 0 amide bonds. The standard InChI is InChI=1S/C27H19N5.Pt/c1-30(22-10-6-12-24(16-22)31-18-20-8-2-4-14-26(20)28-31)23-11-7-13-25(17-23)32-19-21-9-3-5-15-27(21)29-32;/h2-15,18-19H,1H3;/q-2;+2. The molecule has 2 heterocycles. The van der Waals surface area contributed by atoms with Crippen LogP contribution >= 0.6 is 0 Å². The normalized spacial score (nSPS) is 10.9. The average Bonchev–Trinajstić information content (AvgIpc) is 3.48. The largest absolute Gasteiger partial charge is 2.00 e. The van der Waals surface area contributed by atoms with E-state index in [1.807, 2.05) is 102 Å². The van der Waals surface area contributed by atoms with Crippen LogP contribution < -0.4 is 4.90 Å². The van der Waals surface area contributed by atoms with Crippen molar-refractivity contribution in [1.82, 2.24) is 19.6 Å². The number of anilines is 2. The molecule has 0 saturated heterocycles. The summed E-state index contributed by atoms with van der Waals surface area (Å²) in [5, 5.41) is 11.6. The van der Waals surface area contributed by atoms with Crippen LogP contribution in [0.1, 0.15) is 0 Å². The fourth-order valence-electron chi connectivity index (χ4n) is 3.85. The van der Waals surface area contributed by atoms with Crippen LogP contribution in [0.25, 0.3) is 33.2 Å². The topological polar surface area (TPSA) is 38.9 Å². The fourth-order valence-corrected chi connectivity index (χ4v) is 3.85. The molecule has 6 heteroatoms. The van der Waals surface area contributed by atoms with Crippen molar-refractivity contribution in [2.75, 3.05) is 11.9 Å². The second-order valence-corrected chi connectivity index (χ2v) is 7.67. The first-order chi connectivity index (χ1) is 15.7. The number of aromatic nitrogens is 4. The van der Waals surface area contributed by atoms with E-state index in [2.05, 4.69) is 39.4 Å². The van der Waals surface area contributed by atoms with Crippen LogP contribution in [0.4, 0.5) is 11.4 Å². The van der Waals surface area contributed by atoms with E-state index in [1.165, 1.54) is 0 Å². The number of hydrogen-bond acceptors (Lipinski definition) is 3. The first kappa shape index (κ1) is 21.2. The number of rotatable bonds is 4. The van der Waals surface area contributed by atoms with E-state index in [4.69, 9.17) is 0 Å². The second kappa shape index (κ2) is 8.68. The van der Waals surface area contributed by atoms with E-state index in [0.29, 0.717) is 0 Å². The second-order valence-electron chi connectivity index (χ2n) is 7.67. The van der Waals surface area contributed by atoms with Gasteiger partial charge in [0.2, 0.25) is 0 Å². The molecule has 0 radical (unpaired) electrons. The van der Waals surface area contributed by atoms with Crippen LogP contribution in [0.5, 0.6) is 0 Å². The molecule has 0 fully saturated rings. The van der Waals surface area contributed by atoms with Gasteiger partial charge in [0.25, 0.3) is 0 Å². The molecule has 33 heavy (non-hydrogen) atoms. The first-order valence-electron chi connectivity index (χ1n) is 10.4. The summed E-state index contributed by atoms with van der Waals surface area (Å²) in [4.78, 5) is 2.07. The summed E-state index contributed by atoms with van der Waals surface area (Å²) in [7, 11) is 2.02. The molecule has 4 aromatic carbocycles. The third kappa shape index (κ3) is 3.96. The van der Waals surface area contributed by atoms with E-state index in [9.17, 15) is 0 Å². The molecule has 0 aliphatic heterocycles. The van der Waals surface area contributed by atoms with Crippen molar-refractivity contribution in [2.45, 2.75) is 0 Å². The number of hydrogen-bond donors (Lipinski definition) is 0. The van der Waals surface area contributed by atoms with Gasteiger partial charge in [-0.2, -0.15) is 22.3 Å². The van der Waals surface area contributed by atoms with Gasteiger partial charge in [-0.1, -0.05) is 47.8 Å². The number of nitrogens with zero attached hydrogens (tertiary/aromatic N) is 5. The Hall–Kier alpha value is -3.69. The van der Waals surface area contributed by atoms with E-state index in [0.717, 1.165) is 44.6 Å². The summed E-state index contributed by atoms with van der Waals surface area (Å²) in [6.07, 6.45) is 4.06. The molecule has 6 rings (SSSR count). The summed E-state index contributed by atoms with van der Waals surface area (Å²) in [6.45, 7) is 0. The van der Waals surface area contributed by atoms with Gasteiger partial charge in [0.05, 0.1) is 11.0 Å². The Morgan fingerprint density at radius 2 is 1.06 bits per heavy atom. The van der Waals surface area contributed by atoms with Gasteiger partial charge in [-0.05, 0) is 23.5 Å². The number of fused-ring (bicyclic) bond motifs is 2. The summed E-state index contributed by atoms with van der Waals surface area (Å²) in [5.74, 6) is 0. The minimum Gasteiger partial charge on any atom is -0.391 e. The van der Waals surface area contributed by atoms with Gasteiger partial charge in [-0.25, -0.2) is 0 Å². The monoisotopic (exact) mass is 608 g/mol. The van der Waals surface area contributed by atoms with Gasteiger partial charge >= 0.3 is 21.1 Å². The maximum Gasteiger partial charge on any atom is 2.00 e. The zero-order chi connectivity index (χ0) is 21.5. The summed E-state index contributed by atoms with van der Waals surface area (Å²) in [6, 6.07) is 35.3. The molecule has 0 N–H and O–H groups in total. The summed E-state index contributed by atoms with van der Waals surface area (Å²) < 4.78 is 3.74. The minimum atomic E-state index is 0. The average molecular weight is 609 g/mol. The predicted octanol–water partition coefficient (Wildman–Crippen LogP) is 5.73. The van der Waals surface area contributed by atoms with Gasteiger partial charge in [0.15, 0.2) is 0 Å². The van der Waals surface area contributed by atoms with E-state index in [-0.39, 0.29) is 21.1 Å². The molecule has 2 aromatic heterocycles. The Morgan fingerprint density at radius 1 is 0.606 bits per heavy atom. The van der Waals surface area contributed by atoms with Gasteiger partial charge in [0.1, 0.15) is 0 Å². The molecule has 0 bridgehead atoms. The molecule has 162 valence electrons. The fraction of sp³-hybridized carbons (Fsp3) is 0.0370. The first-order valence-corrected chi connectivity index (χ1v) is 10.4. The molecule has 0 spiro atoms. The summed E-state index contributed by atoms with van der Waals surface area (Å²) in [5.41, 5.74) is 5.57. The molecular formula is C27H19N5Pt. The molecule has 5 nitrogen and oxygen atoms in total. The Kier molecular flexibility index (Phi) is 5.57. The van der Waals surface area contributed by atoms with Gasteiger partial charge in [0, 0.05) is 30.2 Å². The number of benzene rings is 4. The molecule has 0 atom stereocenters. The van der Waals surface area contributed by atoms with E-state index >= 15 is 0 Å². The summed E-state index contributed by atoms with van der Waals surface area (Å²) >= 11 is 0. The Balaban J connectivity index is 0.00000228. The van der Waals surface area contributed by atoms with Crippen LogP contribution in [0.2, 0.25) is 0 Å². The van der Waals surface area contributed by atoms with Crippen LogP contribution in [-0.4, -0.2) is 26.6 Å². The van der Waals surface area contributed by atoms with Crippen molar-refractivity contribution in [3.63, 3.8) is 0 Å². The van der Waals surface area contributed by atoms with Gasteiger partial charge in [-0.3, -0.25) is 9.36 Å². The van der Waals surface area contributed by atoms with Gasteiger partial charge < -0.3 is 4.90 Å². The molecular weight excluding hydrogens is 589 g/mol. The van der Waals surface area contributed by atoms with Crippen molar-refractivity contribution in [3.8, 4) is 11.4 Å². The molecule has 6 aromatic rings. The van der Waals surface area contributed by atoms with Crippen molar-refractivity contribution >= 4 is 33.2 Å². The van der Waals surface area contributed by atoms with Crippen LogP contribution in [0.3, 0.4) is 0 Å². The van der Waals surface area contributed by atoms with Gasteiger partial charge in [-0.15, -0.1) is 36.4 Å². The SMILES string of the molecule is CN(c1[c-]c(-n2cc3ccccc3n2)ccc1)c1[c-]c(-n2cc3ccccc3n2)ccc1.[Pt+2]. The minimum absolute atomic E-state index is 0. The molecule has 0 saturated carbocycles. The zero-order valence-corrected chi connectivity index (χ0v) is 20.1. The predicted molar refractivity (Wildman–Crippen MR) is 128 cm³/mol. The van der Waals surface area contributed by atoms with Crippen LogP contribution in [-0.2, 0) is 21.1 Å². The Bertz CT molecular complexity index is 1380. The Labute approximate surface area is 206 Å². The third-order valence-corrected chi connectivity index (χ3v) is 5.57. The van der Waals surface area contributed by atoms with Crippen LogP contribution in [0, 0.1) is 12.1 Å². The third-order valence-electron chi connectivity index (χ3n) is 5.57. The van der Waals surface area contributed by atoms with E-state index in [1.54, 1.807) is 0 Å². The maximum absolute atomic E-state index is 4.68. The van der Waals surface area contributed by atoms with Crippen molar-refractivity contribution in [2.24, 2.45) is 0 Å². The van der Waals surface area contributed by atoms with Crippen molar-refractivity contribution in [3.05, 3.63) is 109 Å². The molecule has 0 aliphatic rings. The smallest absolute Gasteiger partial charge is 0.391 e. The Morgan fingerprint density at radius 3 is 1.52 bits per heavy atom. The molecule has 0 aliphatic carbocycles. The van der Waals surface area contributed by atoms with E-state index < -0.39 is 0 Å². The zero-order valence-electron chi connectivity index (χ0n) is 17.8. The van der Waals surface area contributed by atoms with Crippen LogP contribution in [0.15, 0.2) is 97.3 Å². The quantitative estimate of drug-likeness (QED) is 0.240. The molecule has 0 unspecified atom stereocenters. The maximum atomic E-state index is 4.68.